The highest BCUT2D eigenvalue weighted by Gasteiger charge is 2.19. The van der Waals surface area contributed by atoms with Crippen molar-refractivity contribution >= 4 is 11.6 Å². The van der Waals surface area contributed by atoms with Crippen LogP contribution in [0.1, 0.15) is 25.5 Å². The predicted molar refractivity (Wildman–Crippen MR) is 62.8 cm³/mol. The molecule has 1 aromatic carbocycles. The van der Waals surface area contributed by atoms with Crippen molar-refractivity contribution in [3.8, 4) is 0 Å². The van der Waals surface area contributed by atoms with Gasteiger partial charge in [0.05, 0.1) is 6.04 Å². The highest BCUT2D eigenvalue weighted by atomic mass is 35.5. The maximum absolute atomic E-state index is 13.6. The smallest absolute Gasteiger partial charge is 0.128 e. The van der Waals surface area contributed by atoms with Crippen LogP contribution in [0.4, 0.5) is 4.39 Å². The molecule has 1 rings (SSSR count). The third-order valence-electron chi connectivity index (χ3n) is 2.66. The molecule has 0 saturated heterocycles. The van der Waals surface area contributed by atoms with E-state index in [0.29, 0.717) is 11.4 Å². The number of hydrogen-bond acceptors (Lipinski definition) is 1. The summed E-state index contributed by atoms with van der Waals surface area (Å²) in [6.45, 7) is 5.87. The zero-order valence-electron chi connectivity index (χ0n) is 9.21. The molecule has 0 aliphatic carbocycles. The van der Waals surface area contributed by atoms with Gasteiger partial charge >= 0.3 is 0 Å². The average Bonchev–Trinajstić information content (AvgIpc) is 2.27. The second-order valence-electron chi connectivity index (χ2n) is 3.41. The first-order valence-corrected chi connectivity index (χ1v) is 5.82. The van der Waals surface area contributed by atoms with Crippen molar-refractivity contribution in [2.45, 2.75) is 19.9 Å². The number of benzene rings is 1. The lowest BCUT2D eigenvalue weighted by Crippen LogP contribution is -2.30. The molecule has 0 bridgehead atoms. The number of nitrogens with zero attached hydrogens (tertiary/aromatic N) is 1. The van der Waals surface area contributed by atoms with Gasteiger partial charge in [-0.05, 0) is 19.2 Å². The molecule has 3 heteroatoms. The van der Waals surface area contributed by atoms with Crippen molar-refractivity contribution < 1.29 is 4.39 Å². The van der Waals surface area contributed by atoms with Crippen LogP contribution in [0.2, 0.25) is 0 Å². The van der Waals surface area contributed by atoms with E-state index in [0.717, 1.165) is 13.1 Å². The molecular weight excluding hydrogens is 213 g/mol. The Morgan fingerprint density at radius 3 is 2.33 bits per heavy atom. The predicted octanol–water partition coefficient (Wildman–Crippen LogP) is 3.45. The van der Waals surface area contributed by atoms with E-state index >= 15 is 0 Å². The van der Waals surface area contributed by atoms with Gasteiger partial charge in [-0.3, -0.25) is 4.90 Å². The van der Waals surface area contributed by atoms with Gasteiger partial charge in [0.25, 0.3) is 0 Å². The summed E-state index contributed by atoms with van der Waals surface area (Å²) in [6, 6.07) is 6.82. The summed E-state index contributed by atoms with van der Waals surface area (Å²) in [5, 5.41) is 0. The summed E-state index contributed by atoms with van der Waals surface area (Å²) < 4.78 is 13.6. The second-order valence-corrected chi connectivity index (χ2v) is 3.72. The molecule has 1 unspecified atom stereocenters. The topological polar surface area (TPSA) is 3.24 Å². The molecule has 15 heavy (non-hydrogen) atoms. The van der Waals surface area contributed by atoms with Crippen LogP contribution < -0.4 is 0 Å². The highest BCUT2D eigenvalue weighted by molar-refractivity contribution is 6.18. The third kappa shape index (κ3) is 2.93. The van der Waals surface area contributed by atoms with Gasteiger partial charge in [-0.15, -0.1) is 11.6 Å². The minimum absolute atomic E-state index is 0.0251. The van der Waals surface area contributed by atoms with Gasteiger partial charge in [0.2, 0.25) is 0 Å². The van der Waals surface area contributed by atoms with Crippen LogP contribution >= 0.6 is 11.6 Å². The zero-order chi connectivity index (χ0) is 11.3. The first-order chi connectivity index (χ1) is 7.24. The Morgan fingerprint density at radius 1 is 1.27 bits per heavy atom. The van der Waals surface area contributed by atoms with Crippen LogP contribution in [0.15, 0.2) is 24.3 Å². The SMILES string of the molecule is CCN(CC)C(CCl)c1ccccc1F. The molecule has 0 spiro atoms. The summed E-state index contributed by atoms with van der Waals surface area (Å²) >= 11 is 5.92. The molecule has 0 fully saturated rings. The van der Waals surface area contributed by atoms with E-state index < -0.39 is 0 Å². The lowest BCUT2D eigenvalue weighted by molar-refractivity contribution is 0.232. The zero-order valence-corrected chi connectivity index (χ0v) is 9.97. The monoisotopic (exact) mass is 229 g/mol. The maximum Gasteiger partial charge on any atom is 0.128 e. The Labute approximate surface area is 95.8 Å². The Hall–Kier alpha value is -0.600. The van der Waals surface area contributed by atoms with Gasteiger partial charge in [-0.2, -0.15) is 0 Å². The van der Waals surface area contributed by atoms with E-state index in [1.54, 1.807) is 12.1 Å². The van der Waals surface area contributed by atoms with Crippen molar-refractivity contribution in [3.63, 3.8) is 0 Å². The fourth-order valence-corrected chi connectivity index (χ4v) is 2.15. The van der Waals surface area contributed by atoms with E-state index in [9.17, 15) is 4.39 Å². The number of alkyl halides is 1. The minimum Gasteiger partial charge on any atom is -0.296 e. The molecule has 1 aromatic rings. The van der Waals surface area contributed by atoms with Gasteiger partial charge in [0, 0.05) is 11.4 Å². The second kappa shape index (κ2) is 6.09. The van der Waals surface area contributed by atoms with Crippen molar-refractivity contribution in [1.29, 1.82) is 0 Å². The molecule has 0 heterocycles. The van der Waals surface area contributed by atoms with Crippen LogP contribution in [0.3, 0.4) is 0 Å². The third-order valence-corrected chi connectivity index (χ3v) is 2.96. The minimum atomic E-state index is -0.171. The molecular formula is C12H17ClFN. The van der Waals surface area contributed by atoms with Gasteiger partial charge in [-0.1, -0.05) is 32.0 Å². The van der Waals surface area contributed by atoms with Crippen LogP contribution in [-0.2, 0) is 0 Å². The molecule has 0 amide bonds. The Kier molecular flexibility index (Phi) is 5.06. The Balaban J connectivity index is 2.96. The average molecular weight is 230 g/mol. The Bertz CT molecular complexity index is 299. The lowest BCUT2D eigenvalue weighted by Gasteiger charge is -2.28. The van der Waals surface area contributed by atoms with Gasteiger partial charge in [0.1, 0.15) is 5.82 Å². The van der Waals surface area contributed by atoms with Crippen LogP contribution in [0.25, 0.3) is 0 Å². The number of halogens is 2. The molecule has 0 aliphatic rings. The summed E-state index contributed by atoms with van der Waals surface area (Å²) in [6.07, 6.45) is 0. The first kappa shape index (κ1) is 12.5. The van der Waals surface area contributed by atoms with Crippen LogP contribution in [0, 0.1) is 5.82 Å². The van der Waals surface area contributed by atoms with E-state index in [-0.39, 0.29) is 11.9 Å². The van der Waals surface area contributed by atoms with E-state index in [1.165, 1.54) is 6.07 Å². The highest BCUT2D eigenvalue weighted by Crippen LogP contribution is 2.24. The molecule has 1 atom stereocenters. The van der Waals surface area contributed by atoms with Gasteiger partial charge in [-0.25, -0.2) is 4.39 Å². The summed E-state index contributed by atoms with van der Waals surface area (Å²) in [4.78, 5) is 2.16. The van der Waals surface area contributed by atoms with Crippen molar-refractivity contribution in [2.24, 2.45) is 0 Å². The van der Waals surface area contributed by atoms with Crippen LogP contribution in [-0.4, -0.2) is 23.9 Å². The van der Waals surface area contributed by atoms with E-state index in [2.05, 4.69) is 18.7 Å². The molecule has 0 N–H and O–H groups in total. The Morgan fingerprint density at radius 2 is 1.87 bits per heavy atom. The van der Waals surface area contributed by atoms with Crippen molar-refractivity contribution in [2.75, 3.05) is 19.0 Å². The first-order valence-electron chi connectivity index (χ1n) is 5.29. The molecule has 1 nitrogen and oxygen atoms in total. The van der Waals surface area contributed by atoms with Gasteiger partial charge in [0.15, 0.2) is 0 Å². The maximum atomic E-state index is 13.6. The molecule has 84 valence electrons. The molecule has 0 radical (unpaired) electrons. The van der Waals surface area contributed by atoms with E-state index in [1.807, 2.05) is 6.07 Å². The lowest BCUT2D eigenvalue weighted by atomic mass is 10.1. The molecule has 0 aliphatic heterocycles. The number of hydrogen-bond donors (Lipinski definition) is 0. The number of rotatable bonds is 5. The normalized spacial score (nSPS) is 13.1. The summed E-state index contributed by atoms with van der Waals surface area (Å²) in [7, 11) is 0. The fourth-order valence-electron chi connectivity index (χ4n) is 1.79. The molecule has 0 aromatic heterocycles. The molecule has 0 saturated carbocycles. The fraction of sp³-hybridized carbons (Fsp3) is 0.500. The van der Waals surface area contributed by atoms with Crippen molar-refractivity contribution in [3.05, 3.63) is 35.6 Å². The van der Waals surface area contributed by atoms with Gasteiger partial charge < -0.3 is 0 Å². The largest absolute Gasteiger partial charge is 0.296 e. The van der Waals surface area contributed by atoms with E-state index in [4.69, 9.17) is 11.6 Å². The van der Waals surface area contributed by atoms with Crippen LogP contribution in [0.5, 0.6) is 0 Å². The summed E-state index contributed by atoms with van der Waals surface area (Å²) in [5.41, 5.74) is 0.691. The van der Waals surface area contributed by atoms with Crippen molar-refractivity contribution in [1.82, 2.24) is 4.90 Å². The quantitative estimate of drug-likeness (QED) is 0.699. The standard InChI is InChI=1S/C12H17ClFN/c1-3-15(4-2)12(9-13)10-7-5-6-8-11(10)14/h5-8,12H,3-4,9H2,1-2H3. The summed E-state index contributed by atoms with van der Waals surface area (Å²) in [5.74, 6) is 0.248.